The van der Waals surface area contributed by atoms with Crippen molar-refractivity contribution in [1.82, 2.24) is 5.32 Å². The molecule has 0 radical (unpaired) electrons. The van der Waals surface area contributed by atoms with Crippen LogP contribution in [0.1, 0.15) is 28.9 Å². The summed E-state index contributed by atoms with van der Waals surface area (Å²) < 4.78 is 4.97. The number of nitrogens with one attached hydrogen (secondary N) is 1. The highest BCUT2D eigenvalue weighted by molar-refractivity contribution is 6.33. The van der Waals surface area contributed by atoms with Crippen LogP contribution in [0.3, 0.4) is 0 Å². The topological polar surface area (TPSA) is 81.4 Å². The Kier molecular flexibility index (Phi) is 5.60. The van der Waals surface area contributed by atoms with Gasteiger partial charge >= 0.3 is 5.97 Å². The van der Waals surface area contributed by atoms with Crippen LogP contribution in [0.4, 0.5) is 5.69 Å². The highest BCUT2D eigenvalue weighted by atomic mass is 35.5. The molecule has 120 valence electrons. The predicted molar refractivity (Wildman–Crippen MR) is 89.1 cm³/mol. The Bertz CT molecular complexity index is 704. The maximum atomic E-state index is 11.9. The van der Waals surface area contributed by atoms with Crippen LogP contribution in [0.2, 0.25) is 5.02 Å². The second-order valence-corrected chi connectivity index (χ2v) is 5.42. The first-order valence-corrected chi connectivity index (χ1v) is 7.41. The molecule has 0 fully saturated rings. The largest absolute Gasteiger partial charge is 0.452 e. The monoisotopic (exact) mass is 332 g/mol. The van der Waals surface area contributed by atoms with Crippen molar-refractivity contribution in [2.75, 3.05) is 12.3 Å². The highest BCUT2D eigenvalue weighted by Crippen LogP contribution is 2.19. The summed E-state index contributed by atoms with van der Waals surface area (Å²) in [7, 11) is 0. The standard InChI is InChI=1S/C17H17ClN2O3/c1-11(12-5-3-2-4-6-12)20-16(21)10-23-17(22)13-7-8-14(18)15(19)9-13/h2-9,11H,10,19H2,1H3,(H,20,21). The maximum Gasteiger partial charge on any atom is 0.338 e. The molecule has 1 atom stereocenters. The molecule has 0 saturated carbocycles. The quantitative estimate of drug-likeness (QED) is 0.651. The van der Waals surface area contributed by atoms with Crippen LogP contribution < -0.4 is 11.1 Å². The minimum atomic E-state index is -0.629. The highest BCUT2D eigenvalue weighted by Gasteiger charge is 2.13. The van der Waals surface area contributed by atoms with Gasteiger partial charge in [-0.25, -0.2) is 4.79 Å². The number of anilines is 1. The van der Waals surface area contributed by atoms with E-state index < -0.39 is 5.97 Å². The molecule has 0 aromatic heterocycles. The second-order valence-electron chi connectivity index (χ2n) is 5.01. The summed E-state index contributed by atoms with van der Waals surface area (Å²) in [6, 6.07) is 13.7. The molecular formula is C17H17ClN2O3. The summed E-state index contributed by atoms with van der Waals surface area (Å²) in [5, 5.41) is 3.12. The van der Waals surface area contributed by atoms with Crippen LogP contribution in [0, 0.1) is 0 Å². The van der Waals surface area contributed by atoms with Crippen molar-refractivity contribution < 1.29 is 14.3 Å². The molecule has 1 unspecified atom stereocenters. The van der Waals surface area contributed by atoms with Gasteiger partial charge < -0.3 is 15.8 Å². The van der Waals surface area contributed by atoms with E-state index in [0.717, 1.165) is 5.56 Å². The van der Waals surface area contributed by atoms with Crippen LogP contribution in [-0.4, -0.2) is 18.5 Å². The van der Waals surface area contributed by atoms with E-state index in [0.29, 0.717) is 5.02 Å². The zero-order chi connectivity index (χ0) is 16.8. The van der Waals surface area contributed by atoms with Gasteiger partial charge in [0.25, 0.3) is 5.91 Å². The summed E-state index contributed by atoms with van der Waals surface area (Å²) in [5.41, 5.74) is 7.12. The lowest BCUT2D eigenvalue weighted by Gasteiger charge is -2.14. The summed E-state index contributed by atoms with van der Waals surface area (Å²) in [5.74, 6) is -1.01. The number of rotatable bonds is 5. The lowest BCUT2D eigenvalue weighted by atomic mass is 10.1. The Labute approximate surface area is 139 Å². The third kappa shape index (κ3) is 4.72. The molecule has 23 heavy (non-hydrogen) atoms. The molecule has 3 N–H and O–H groups in total. The number of nitrogens with two attached hydrogens (primary N) is 1. The average Bonchev–Trinajstić information content (AvgIpc) is 2.56. The van der Waals surface area contributed by atoms with Gasteiger partial charge in [0, 0.05) is 0 Å². The summed E-state index contributed by atoms with van der Waals surface area (Å²) in [4.78, 5) is 23.7. The Balaban J connectivity index is 1.86. The van der Waals surface area contributed by atoms with E-state index in [-0.39, 0.29) is 29.8 Å². The fraction of sp³-hybridized carbons (Fsp3) is 0.176. The average molecular weight is 333 g/mol. The van der Waals surface area contributed by atoms with Crippen molar-refractivity contribution in [3.05, 3.63) is 64.7 Å². The molecule has 1 amide bonds. The molecule has 6 heteroatoms. The summed E-state index contributed by atoms with van der Waals surface area (Å²) in [6.45, 7) is 1.49. The minimum Gasteiger partial charge on any atom is -0.452 e. The van der Waals surface area contributed by atoms with Crippen LogP contribution in [-0.2, 0) is 9.53 Å². The van der Waals surface area contributed by atoms with Gasteiger partial charge in [-0.2, -0.15) is 0 Å². The van der Waals surface area contributed by atoms with Gasteiger partial charge in [-0.3, -0.25) is 4.79 Å². The van der Waals surface area contributed by atoms with Gasteiger partial charge in [-0.15, -0.1) is 0 Å². The number of carbonyl (C=O) groups excluding carboxylic acids is 2. The fourth-order valence-corrected chi connectivity index (χ4v) is 2.11. The third-order valence-corrected chi connectivity index (χ3v) is 3.59. The molecule has 5 nitrogen and oxygen atoms in total. The molecular weight excluding hydrogens is 316 g/mol. The lowest BCUT2D eigenvalue weighted by molar-refractivity contribution is -0.124. The Hall–Kier alpha value is -2.53. The molecule has 2 rings (SSSR count). The van der Waals surface area contributed by atoms with E-state index in [1.54, 1.807) is 0 Å². The van der Waals surface area contributed by atoms with Crippen LogP contribution in [0.5, 0.6) is 0 Å². The zero-order valence-corrected chi connectivity index (χ0v) is 13.3. The number of nitrogen functional groups attached to an aromatic ring is 1. The number of ether oxygens (including phenoxy) is 1. The third-order valence-electron chi connectivity index (χ3n) is 3.24. The SMILES string of the molecule is CC(NC(=O)COC(=O)c1ccc(Cl)c(N)c1)c1ccccc1. The van der Waals surface area contributed by atoms with E-state index in [1.807, 2.05) is 37.3 Å². The Morgan fingerprint density at radius 3 is 2.57 bits per heavy atom. The van der Waals surface area contributed by atoms with E-state index in [2.05, 4.69) is 5.32 Å². The number of hydrogen-bond acceptors (Lipinski definition) is 4. The normalized spacial score (nSPS) is 11.6. The number of hydrogen-bond donors (Lipinski definition) is 2. The van der Waals surface area contributed by atoms with Gasteiger partial charge in [0.15, 0.2) is 6.61 Å². The number of carbonyl (C=O) groups is 2. The molecule has 0 aliphatic carbocycles. The molecule has 2 aromatic rings. The lowest BCUT2D eigenvalue weighted by Crippen LogP contribution is -2.31. The molecule has 2 aromatic carbocycles. The number of amides is 1. The fourth-order valence-electron chi connectivity index (χ4n) is 1.99. The predicted octanol–water partition coefficient (Wildman–Crippen LogP) is 2.96. The van der Waals surface area contributed by atoms with Crippen molar-refractivity contribution in [2.45, 2.75) is 13.0 Å². The Morgan fingerprint density at radius 1 is 1.22 bits per heavy atom. The van der Waals surface area contributed by atoms with Crippen LogP contribution >= 0.6 is 11.6 Å². The van der Waals surface area contributed by atoms with Crippen molar-refractivity contribution in [3.8, 4) is 0 Å². The first-order valence-electron chi connectivity index (χ1n) is 7.04. The Morgan fingerprint density at radius 2 is 1.91 bits per heavy atom. The first kappa shape index (κ1) is 16.8. The van der Waals surface area contributed by atoms with Crippen molar-refractivity contribution in [2.24, 2.45) is 0 Å². The smallest absolute Gasteiger partial charge is 0.338 e. The van der Waals surface area contributed by atoms with Gasteiger partial charge in [0.2, 0.25) is 0 Å². The van der Waals surface area contributed by atoms with E-state index in [4.69, 9.17) is 22.1 Å². The van der Waals surface area contributed by atoms with Crippen LogP contribution in [0.25, 0.3) is 0 Å². The van der Waals surface area contributed by atoms with E-state index in [1.165, 1.54) is 18.2 Å². The molecule has 0 saturated heterocycles. The van der Waals surface area contributed by atoms with Crippen LogP contribution in [0.15, 0.2) is 48.5 Å². The van der Waals surface area contributed by atoms with E-state index in [9.17, 15) is 9.59 Å². The first-order chi connectivity index (χ1) is 11.0. The number of esters is 1. The van der Waals surface area contributed by atoms with Gasteiger partial charge in [-0.05, 0) is 30.7 Å². The second kappa shape index (κ2) is 7.65. The number of halogens is 1. The van der Waals surface area contributed by atoms with Crippen molar-refractivity contribution >= 4 is 29.2 Å². The summed E-state index contributed by atoms with van der Waals surface area (Å²) >= 11 is 5.79. The van der Waals surface area contributed by atoms with Gasteiger partial charge in [-0.1, -0.05) is 41.9 Å². The molecule has 0 bridgehead atoms. The maximum absolute atomic E-state index is 11.9. The van der Waals surface area contributed by atoms with E-state index >= 15 is 0 Å². The van der Waals surface area contributed by atoms with Crippen molar-refractivity contribution in [3.63, 3.8) is 0 Å². The summed E-state index contributed by atoms with van der Waals surface area (Å²) in [6.07, 6.45) is 0. The molecule has 0 aliphatic rings. The number of benzene rings is 2. The van der Waals surface area contributed by atoms with Gasteiger partial charge in [0.1, 0.15) is 0 Å². The molecule has 0 heterocycles. The zero-order valence-electron chi connectivity index (χ0n) is 12.6. The molecule has 0 aliphatic heterocycles. The van der Waals surface area contributed by atoms with Gasteiger partial charge in [0.05, 0.1) is 22.3 Å². The van der Waals surface area contributed by atoms with Crippen molar-refractivity contribution in [1.29, 1.82) is 0 Å². The minimum absolute atomic E-state index is 0.173. The molecule has 0 spiro atoms.